The van der Waals surface area contributed by atoms with Crippen molar-refractivity contribution in [1.29, 1.82) is 0 Å². The molecule has 27 heavy (non-hydrogen) atoms. The fraction of sp³-hybridized carbons (Fsp3) is 0.333. The van der Waals surface area contributed by atoms with E-state index in [1.807, 2.05) is 28.7 Å². The molecule has 140 valence electrons. The maximum absolute atomic E-state index is 13.6. The lowest BCUT2D eigenvalue weighted by atomic mass is 9.56. The van der Waals surface area contributed by atoms with Gasteiger partial charge in [0.25, 0.3) is 6.43 Å². The Morgan fingerprint density at radius 2 is 2.00 bits per heavy atom. The number of nitrogens with zero attached hydrogens (tertiary/aromatic N) is 2. The Labute approximate surface area is 157 Å². The van der Waals surface area contributed by atoms with Crippen molar-refractivity contribution in [3.05, 3.63) is 53.1 Å². The molecule has 2 aromatic rings. The summed E-state index contributed by atoms with van der Waals surface area (Å²) in [7, 11) is 3.78. The lowest BCUT2D eigenvalue weighted by Gasteiger charge is -2.41. The fourth-order valence-corrected chi connectivity index (χ4v) is 3.41. The summed E-state index contributed by atoms with van der Waals surface area (Å²) in [5.74, 6) is -0.939. The van der Waals surface area contributed by atoms with Crippen molar-refractivity contribution in [1.82, 2.24) is 9.88 Å². The molecule has 1 aromatic heterocycles. The minimum atomic E-state index is -2.90. The minimum absolute atomic E-state index is 0.391. The number of alkyl halides is 2. The van der Waals surface area contributed by atoms with E-state index < -0.39 is 29.2 Å². The monoisotopic (exact) mass is 374 g/mol. The second-order valence-electron chi connectivity index (χ2n) is 7.07. The van der Waals surface area contributed by atoms with Gasteiger partial charge < -0.3 is 9.64 Å². The smallest absolute Gasteiger partial charge is 0.409 e. The molecule has 3 rings (SSSR count). The van der Waals surface area contributed by atoms with Gasteiger partial charge >= 0.3 is 6.09 Å². The number of cyclic esters (lactones) is 1. The number of benzene rings is 1. The van der Waals surface area contributed by atoms with Crippen molar-refractivity contribution in [3.63, 3.8) is 0 Å². The van der Waals surface area contributed by atoms with E-state index >= 15 is 0 Å². The van der Waals surface area contributed by atoms with E-state index in [1.165, 1.54) is 6.07 Å². The third-order valence-electron chi connectivity index (χ3n) is 4.96. The molecule has 1 aliphatic heterocycles. The highest BCUT2D eigenvalue weighted by molar-refractivity contribution is 6.40. The summed E-state index contributed by atoms with van der Waals surface area (Å²) < 4.78 is 44.8. The number of carbonyl (C=O) groups is 1. The van der Waals surface area contributed by atoms with E-state index in [9.17, 15) is 18.0 Å². The first kappa shape index (κ1) is 19.3. The van der Waals surface area contributed by atoms with Gasteiger partial charge in [0.05, 0.1) is 12.2 Å². The van der Waals surface area contributed by atoms with Gasteiger partial charge in [-0.2, -0.15) is 0 Å². The number of hydrogen-bond donors (Lipinski definition) is 0. The molecule has 9 heteroatoms. The maximum Gasteiger partial charge on any atom is 0.409 e. The lowest BCUT2D eigenvalue weighted by Crippen LogP contribution is -2.53. The predicted molar refractivity (Wildman–Crippen MR) is 101 cm³/mol. The van der Waals surface area contributed by atoms with E-state index in [2.05, 4.69) is 4.98 Å². The van der Waals surface area contributed by atoms with Crippen LogP contribution in [-0.4, -0.2) is 44.8 Å². The zero-order chi connectivity index (χ0) is 19.8. The molecule has 0 atom stereocenters. The van der Waals surface area contributed by atoms with Crippen molar-refractivity contribution in [3.8, 4) is 11.1 Å². The van der Waals surface area contributed by atoms with Crippen LogP contribution in [0.4, 0.5) is 18.0 Å². The number of aromatic nitrogens is 1. The Morgan fingerprint density at radius 3 is 2.67 bits per heavy atom. The van der Waals surface area contributed by atoms with Gasteiger partial charge in [0.15, 0.2) is 0 Å². The highest BCUT2D eigenvalue weighted by Gasteiger charge is 2.36. The summed E-state index contributed by atoms with van der Waals surface area (Å²) in [5.41, 5.74) is 1.88. The molecule has 0 spiro atoms. The molecule has 0 saturated carbocycles. The minimum Gasteiger partial charge on any atom is -0.449 e. The molecule has 0 unspecified atom stereocenters. The van der Waals surface area contributed by atoms with Crippen LogP contribution in [0.3, 0.4) is 0 Å². The standard InChI is InChI=1S/C18H19B2F3N2O2/c1-10-14(18(19,20)25-5-2-6-27-17(25)26)8-12(9-24-10)11-3-4-15(21)13(7-11)16(22)23/h3-4,7-9,16H,2,5-6,19-20H2,1H3. The molecule has 1 amide bonds. The molecule has 2 heterocycles. The molecular weight excluding hydrogens is 355 g/mol. The van der Waals surface area contributed by atoms with E-state index in [0.717, 1.165) is 29.8 Å². The van der Waals surface area contributed by atoms with Gasteiger partial charge in [-0.3, -0.25) is 4.98 Å². The highest BCUT2D eigenvalue weighted by Crippen LogP contribution is 2.32. The number of amides is 1. The average molecular weight is 374 g/mol. The van der Waals surface area contributed by atoms with Crippen LogP contribution in [0.25, 0.3) is 11.1 Å². The first-order chi connectivity index (χ1) is 12.7. The zero-order valence-electron chi connectivity index (χ0n) is 15.4. The third-order valence-corrected chi connectivity index (χ3v) is 4.96. The normalized spacial score (nSPS) is 15.1. The van der Waals surface area contributed by atoms with Gasteiger partial charge in [-0.25, -0.2) is 18.0 Å². The quantitative estimate of drug-likeness (QED) is 0.772. The first-order valence-corrected chi connectivity index (χ1v) is 8.71. The summed E-state index contributed by atoms with van der Waals surface area (Å²) in [6.45, 7) is 2.78. The molecule has 0 radical (unpaired) electrons. The van der Waals surface area contributed by atoms with Crippen LogP contribution in [0.5, 0.6) is 0 Å². The van der Waals surface area contributed by atoms with E-state index in [4.69, 9.17) is 4.74 Å². The molecule has 0 N–H and O–H groups in total. The predicted octanol–water partition coefficient (Wildman–Crippen LogP) is 2.35. The van der Waals surface area contributed by atoms with Gasteiger partial charge in [0.1, 0.15) is 21.5 Å². The van der Waals surface area contributed by atoms with Crippen molar-refractivity contribution in [2.75, 3.05) is 13.2 Å². The third kappa shape index (κ3) is 3.68. The van der Waals surface area contributed by atoms with E-state index in [-0.39, 0.29) is 0 Å². The van der Waals surface area contributed by atoms with Crippen LogP contribution in [0.1, 0.15) is 29.7 Å². The summed E-state index contributed by atoms with van der Waals surface area (Å²) in [5, 5.41) is -0.698. The summed E-state index contributed by atoms with van der Waals surface area (Å²) in [6.07, 6.45) is -0.997. The summed E-state index contributed by atoms with van der Waals surface area (Å²) in [4.78, 5) is 18.2. The molecule has 1 aromatic carbocycles. The Morgan fingerprint density at radius 1 is 1.26 bits per heavy atom. The number of halogens is 3. The molecule has 0 aliphatic carbocycles. The fourth-order valence-electron chi connectivity index (χ4n) is 3.41. The summed E-state index contributed by atoms with van der Waals surface area (Å²) in [6, 6.07) is 5.42. The molecule has 1 fully saturated rings. The van der Waals surface area contributed by atoms with Crippen LogP contribution in [0.15, 0.2) is 30.5 Å². The van der Waals surface area contributed by atoms with Crippen LogP contribution >= 0.6 is 0 Å². The second kappa shape index (κ2) is 7.29. The molecule has 1 saturated heterocycles. The molecule has 0 bridgehead atoms. The number of pyridine rings is 1. The van der Waals surface area contributed by atoms with Crippen molar-refractivity contribution >= 4 is 21.8 Å². The number of aryl methyl sites for hydroxylation is 1. The Balaban J connectivity index is 2.04. The van der Waals surface area contributed by atoms with Crippen LogP contribution < -0.4 is 0 Å². The van der Waals surface area contributed by atoms with Gasteiger partial charge in [0, 0.05) is 29.3 Å². The first-order valence-electron chi connectivity index (χ1n) is 8.71. The zero-order valence-corrected chi connectivity index (χ0v) is 15.4. The number of rotatable bonds is 4. The lowest BCUT2D eigenvalue weighted by molar-refractivity contribution is 0.0602. The number of carbonyl (C=O) groups excluding carboxylic acids is 1. The maximum atomic E-state index is 13.6. The topological polar surface area (TPSA) is 42.4 Å². The Kier molecular flexibility index (Phi) is 5.22. The molecule has 1 aliphatic rings. The van der Waals surface area contributed by atoms with Crippen molar-refractivity contribution in [2.24, 2.45) is 0 Å². The number of hydrogen-bond acceptors (Lipinski definition) is 3. The summed E-state index contributed by atoms with van der Waals surface area (Å²) >= 11 is 0. The van der Waals surface area contributed by atoms with Crippen LogP contribution in [0, 0.1) is 12.7 Å². The van der Waals surface area contributed by atoms with Gasteiger partial charge in [-0.05, 0) is 42.7 Å². The SMILES string of the molecule is BC(B)(c1cc(-c2ccc(F)c(C(F)F)c2)cnc1C)N1CCCOC1=O. The van der Waals surface area contributed by atoms with Gasteiger partial charge in [0.2, 0.25) is 0 Å². The van der Waals surface area contributed by atoms with Crippen LogP contribution in [-0.2, 0) is 10.1 Å². The van der Waals surface area contributed by atoms with E-state index in [0.29, 0.717) is 24.3 Å². The molecule has 4 nitrogen and oxygen atoms in total. The highest BCUT2D eigenvalue weighted by atomic mass is 19.3. The number of ether oxygens (including phenoxy) is 1. The van der Waals surface area contributed by atoms with Gasteiger partial charge in [-0.15, -0.1) is 0 Å². The Bertz CT molecular complexity index is 878. The largest absolute Gasteiger partial charge is 0.449 e. The van der Waals surface area contributed by atoms with Crippen molar-refractivity contribution < 1.29 is 22.7 Å². The second-order valence-corrected chi connectivity index (χ2v) is 7.07. The van der Waals surface area contributed by atoms with Crippen molar-refractivity contribution in [2.45, 2.75) is 25.1 Å². The van der Waals surface area contributed by atoms with Gasteiger partial charge in [-0.1, -0.05) is 6.07 Å². The molecular formula is C18H19B2F3N2O2. The average Bonchev–Trinajstić information content (AvgIpc) is 2.62. The Hall–Kier alpha value is -2.44. The van der Waals surface area contributed by atoms with Crippen LogP contribution in [0.2, 0.25) is 0 Å². The van der Waals surface area contributed by atoms with E-state index in [1.54, 1.807) is 11.1 Å².